The molecule has 146 valence electrons. The van der Waals surface area contributed by atoms with Crippen LogP contribution in [0.25, 0.3) is 11.4 Å². The highest BCUT2D eigenvalue weighted by Gasteiger charge is 2.32. The number of rotatable bonds is 5. The number of aromatic amines is 1. The van der Waals surface area contributed by atoms with Crippen LogP contribution in [0.15, 0.2) is 47.6 Å². The van der Waals surface area contributed by atoms with Crippen LogP contribution < -0.4 is 9.47 Å². The topological polar surface area (TPSA) is 64.4 Å². The van der Waals surface area contributed by atoms with E-state index in [1.54, 1.807) is 18.2 Å². The minimum atomic E-state index is -4.49. The maximum atomic E-state index is 13.2. The summed E-state index contributed by atoms with van der Waals surface area (Å²) in [4.78, 5) is 0. The van der Waals surface area contributed by atoms with Gasteiger partial charge >= 0.3 is 6.18 Å². The molecule has 0 aliphatic rings. The van der Waals surface area contributed by atoms with E-state index in [1.165, 1.54) is 37.1 Å². The normalized spacial score (nSPS) is 11.8. The summed E-state index contributed by atoms with van der Waals surface area (Å²) < 4.78 is 51.3. The summed E-state index contributed by atoms with van der Waals surface area (Å²) in [7, 11) is 3.00. The van der Waals surface area contributed by atoms with E-state index in [0.717, 1.165) is 12.3 Å². The monoisotopic (exact) mass is 408 g/mol. The smallest absolute Gasteiger partial charge is 0.417 e. The van der Waals surface area contributed by atoms with Crippen molar-refractivity contribution in [3.63, 3.8) is 0 Å². The summed E-state index contributed by atoms with van der Waals surface area (Å²) in [6.07, 6.45) is -3.40. The van der Waals surface area contributed by atoms with Crippen LogP contribution >= 0.6 is 12.2 Å². The molecule has 0 bridgehead atoms. The highest BCUT2D eigenvalue weighted by atomic mass is 32.1. The van der Waals surface area contributed by atoms with Gasteiger partial charge in [0.05, 0.1) is 26.0 Å². The number of alkyl halides is 3. The number of methoxy groups -OCH3 is 2. The van der Waals surface area contributed by atoms with E-state index in [4.69, 9.17) is 21.7 Å². The number of H-pyrrole nitrogens is 1. The maximum Gasteiger partial charge on any atom is 0.417 e. The summed E-state index contributed by atoms with van der Waals surface area (Å²) in [6.45, 7) is 0. The highest BCUT2D eigenvalue weighted by molar-refractivity contribution is 7.71. The molecule has 10 heteroatoms. The van der Waals surface area contributed by atoms with E-state index in [0.29, 0.717) is 22.9 Å². The number of ether oxygens (including phenoxy) is 2. The van der Waals surface area contributed by atoms with Crippen molar-refractivity contribution in [2.75, 3.05) is 14.2 Å². The first-order chi connectivity index (χ1) is 13.3. The predicted molar refractivity (Wildman–Crippen MR) is 100 cm³/mol. The quantitative estimate of drug-likeness (QED) is 0.498. The second-order valence-corrected chi connectivity index (χ2v) is 5.95. The lowest BCUT2D eigenvalue weighted by Gasteiger charge is -2.10. The van der Waals surface area contributed by atoms with Crippen molar-refractivity contribution in [3.8, 4) is 22.9 Å². The van der Waals surface area contributed by atoms with Gasteiger partial charge in [-0.05, 0) is 36.5 Å². The molecule has 0 saturated heterocycles. The Morgan fingerprint density at radius 2 is 1.82 bits per heavy atom. The Labute approximate surface area is 163 Å². The lowest BCUT2D eigenvalue weighted by molar-refractivity contribution is -0.137. The summed E-state index contributed by atoms with van der Waals surface area (Å²) in [5.74, 6) is 1.30. The Morgan fingerprint density at radius 3 is 2.50 bits per heavy atom. The first kappa shape index (κ1) is 19.6. The zero-order valence-electron chi connectivity index (χ0n) is 14.8. The van der Waals surface area contributed by atoms with Crippen molar-refractivity contribution in [2.45, 2.75) is 6.18 Å². The summed E-state index contributed by atoms with van der Waals surface area (Å²) in [5.41, 5.74) is -0.288. The van der Waals surface area contributed by atoms with Gasteiger partial charge in [0.1, 0.15) is 0 Å². The molecule has 0 amide bonds. The number of hydrogen-bond acceptors (Lipinski definition) is 5. The molecule has 1 aromatic heterocycles. The van der Waals surface area contributed by atoms with Gasteiger partial charge in [-0.15, -0.1) is 0 Å². The number of aromatic nitrogens is 3. The fraction of sp³-hybridized carbons (Fsp3) is 0.167. The molecule has 0 fully saturated rings. The SMILES string of the molecule is COc1ccc(-c2n[nH]c(=S)n2/N=C\c2ccccc2C(F)(F)F)cc1OC. The molecular formula is C18H15F3N4O2S. The van der Waals surface area contributed by atoms with Crippen molar-refractivity contribution in [1.29, 1.82) is 0 Å². The number of benzene rings is 2. The summed E-state index contributed by atoms with van der Waals surface area (Å²) in [6, 6.07) is 10.2. The molecule has 0 radical (unpaired) electrons. The van der Waals surface area contributed by atoms with Crippen LogP contribution in [-0.2, 0) is 6.18 Å². The number of hydrogen-bond donors (Lipinski definition) is 1. The second-order valence-electron chi connectivity index (χ2n) is 5.56. The third-order valence-corrected chi connectivity index (χ3v) is 4.13. The minimum Gasteiger partial charge on any atom is -0.493 e. The van der Waals surface area contributed by atoms with Crippen molar-refractivity contribution in [2.24, 2.45) is 5.10 Å². The Morgan fingerprint density at radius 1 is 1.11 bits per heavy atom. The van der Waals surface area contributed by atoms with Gasteiger partial charge in [0.2, 0.25) is 4.77 Å². The van der Waals surface area contributed by atoms with E-state index < -0.39 is 11.7 Å². The van der Waals surface area contributed by atoms with Gasteiger partial charge in [0.15, 0.2) is 17.3 Å². The van der Waals surface area contributed by atoms with Gasteiger partial charge < -0.3 is 9.47 Å². The molecule has 6 nitrogen and oxygen atoms in total. The molecule has 0 aliphatic carbocycles. The van der Waals surface area contributed by atoms with Crippen molar-refractivity contribution in [1.82, 2.24) is 14.9 Å². The predicted octanol–water partition coefficient (Wildman–Crippen LogP) is 4.53. The first-order valence-electron chi connectivity index (χ1n) is 7.95. The van der Waals surface area contributed by atoms with Gasteiger partial charge in [0.25, 0.3) is 0 Å². The minimum absolute atomic E-state index is 0.0867. The molecule has 2 aromatic carbocycles. The van der Waals surface area contributed by atoms with Crippen LogP contribution in [0.5, 0.6) is 11.5 Å². The number of nitrogens with one attached hydrogen (secondary N) is 1. The van der Waals surface area contributed by atoms with Gasteiger partial charge in [-0.3, -0.25) is 0 Å². The van der Waals surface area contributed by atoms with Crippen molar-refractivity contribution in [3.05, 3.63) is 58.4 Å². The van der Waals surface area contributed by atoms with Gasteiger partial charge in [0, 0.05) is 11.1 Å². The second kappa shape index (κ2) is 7.85. The molecule has 1 heterocycles. The fourth-order valence-corrected chi connectivity index (χ4v) is 2.73. The van der Waals surface area contributed by atoms with Crippen molar-refractivity contribution < 1.29 is 22.6 Å². The number of nitrogens with zero attached hydrogens (tertiary/aromatic N) is 3. The van der Waals surface area contributed by atoms with Crippen LogP contribution in [0.3, 0.4) is 0 Å². The van der Waals surface area contributed by atoms with Crippen molar-refractivity contribution >= 4 is 18.4 Å². The molecule has 0 atom stereocenters. The third kappa shape index (κ3) is 3.91. The Kier molecular flexibility index (Phi) is 5.50. The van der Waals surface area contributed by atoms with Crippen LogP contribution in [-0.4, -0.2) is 35.3 Å². The average Bonchev–Trinajstić information content (AvgIpc) is 3.05. The van der Waals surface area contributed by atoms with Gasteiger partial charge in [-0.2, -0.15) is 28.0 Å². The van der Waals surface area contributed by atoms with Crippen LogP contribution in [0.4, 0.5) is 13.2 Å². The molecule has 28 heavy (non-hydrogen) atoms. The third-order valence-electron chi connectivity index (χ3n) is 3.87. The molecule has 1 N–H and O–H groups in total. The Hall–Kier alpha value is -3.14. The Balaban J connectivity index is 2.04. The largest absolute Gasteiger partial charge is 0.493 e. The summed E-state index contributed by atoms with van der Waals surface area (Å²) in [5, 5.41) is 10.8. The van der Waals surface area contributed by atoms with Gasteiger partial charge in [-0.25, -0.2) is 5.10 Å². The lowest BCUT2D eigenvalue weighted by Crippen LogP contribution is -2.09. The zero-order valence-corrected chi connectivity index (χ0v) is 15.6. The van der Waals surface area contributed by atoms with Crippen LogP contribution in [0.1, 0.15) is 11.1 Å². The molecule has 3 rings (SSSR count). The molecule has 0 aliphatic heterocycles. The van der Waals surface area contributed by atoms with E-state index in [1.807, 2.05) is 0 Å². The average molecular weight is 408 g/mol. The van der Waals surface area contributed by atoms with E-state index >= 15 is 0 Å². The Bertz CT molecular complexity index is 1070. The summed E-state index contributed by atoms with van der Waals surface area (Å²) >= 11 is 5.16. The van der Waals surface area contributed by atoms with E-state index in [9.17, 15) is 13.2 Å². The zero-order chi connectivity index (χ0) is 20.3. The van der Waals surface area contributed by atoms with Crippen LogP contribution in [0.2, 0.25) is 0 Å². The molecule has 3 aromatic rings. The molecule has 0 spiro atoms. The van der Waals surface area contributed by atoms with Gasteiger partial charge in [-0.1, -0.05) is 18.2 Å². The van der Waals surface area contributed by atoms with E-state index in [2.05, 4.69) is 15.3 Å². The molecule has 0 saturated carbocycles. The lowest BCUT2D eigenvalue weighted by atomic mass is 10.1. The number of halogens is 3. The fourth-order valence-electron chi connectivity index (χ4n) is 2.55. The first-order valence-corrected chi connectivity index (χ1v) is 8.36. The maximum absolute atomic E-state index is 13.2. The highest BCUT2D eigenvalue weighted by Crippen LogP contribution is 2.32. The van der Waals surface area contributed by atoms with Crippen LogP contribution in [0, 0.1) is 4.77 Å². The standard InChI is InChI=1S/C18H15F3N4O2S/c1-26-14-8-7-11(9-15(14)27-2)16-23-24-17(28)25(16)22-10-12-5-3-4-6-13(12)18(19,20)21/h3-10H,1-2H3,(H,24,28)/b22-10-. The molecule has 0 unspecified atom stereocenters. The molecular weight excluding hydrogens is 393 g/mol. The van der Waals surface area contributed by atoms with E-state index in [-0.39, 0.29) is 10.3 Å².